The van der Waals surface area contributed by atoms with E-state index in [4.69, 9.17) is 11.6 Å². The van der Waals surface area contributed by atoms with Crippen LogP contribution in [-0.4, -0.2) is 20.9 Å². The molecule has 3 rings (SSSR count). The van der Waals surface area contributed by atoms with Gasteiger partial charge in [-0.1, -0.05) is 35.9 Å². The van der Waals surface area contributed by atoms with E-state index in [0.717, 1.165) is 18.5 Å². The van der Waals surface area contributed by atoms with E-state index < -0.39 is 0 Å². The first-order valence-electron chi connectivity index (χ1n) is 7.08. The van der Waals surface area contributed by atoms with E-state index in [2.05, 4.69) is 22.6 Å². The number of carbonyl (C=O) groups excluding carboxylic acids is 1. The molecule has 1 aromatic heterocycles. The van der Waals surface area contributed by atoms with Gasteiger partial charge in [0.25, 0.3) is 5.91 Å². The molecule has 0 saturated heterocycles. The fraction of sp³-hybridized carbons (Fsp3) is 0.188. The van der Waals surface area contributed by atoms with Crippen LogP contribution in [0.2, 0.25) is 5.02 Å². The van der Waals surface area contributed by atoms with Crippen molar-refractivity contribution in [3.63, 3.8) is 0 Å². The molecule has 0 aliphatic carbocycles. The largest absolute Gasteiger partial charge is 0.321 e. The van der Waals surface area contributed by atoms with E-state index in [1.165, 1.54) is 0 Å². The van der Waals surface area contributed by atoms with Crippen LogP contribution in [0.5, 0.6) is 0 Å². The number of fused-ring (bicyclic) bond motifs is 1. The number of halogens is 1. The maximum atomic E-state index is 12.3. The van der Waals surface area contributed by atoms with Gasteiger partial charge in [0, 0.05) is 12.1 Å². The number of carbonyl (C=O) groups is 1. The van der Waals surface area contributed by atoms with Crippen LogP contribution in [0.25, 0.3) is 11.0 Å². The highest BCUT2D eigenvalue weighted by atomic mass is 35.5. The second-order valence-corrected chi connectivity index (χ2v) is 5.36. The topological polar surface area (TPSA) is 59.8 Å². The van der Waals surface area contributed by atoms with Gasteiger partial charge < -0.3 is 5.32 Å². The molecule has 0 bridgehead atoms. The smallest absolute Gasteiger partial charge is 0.255 e. The minimum absolute atomic E-state index is 0.222. The number of anilines is 1. The van der Waals surface area contributed by atoms with Crippen LogP contribution in [0.4, 0.5) is 5.69 Å². The molecule has 1 heterocycles. The Labute approximate surface area is 132 Å². The van der Waals surface area contributed by atoms with Crippen molar-refractivity contribution >= 4 is 34.2 Å². The Balaban J connectivity index is 1.87. The number of amides is 1. The SMILES string of the molecule is CCCn1nnc2cc(C(=O)Nc3ccccc3Cl)ccc21. The van der Waals surface area contributed by atoms with Crippen LogP contribution in [0.1, 0.15) is 23.7 Å². The lowest BCUT2D eigenvalue weighted by atomic mass is 10.2. The molecule has 2 aromatic carbocycles. The molecule has 3 aromatic rings. The van der Waals surface area contributed by atoms with Crippen molar-refractivity contribution in [1.82, 2.24) is 15.0 Å². The summed E-state index contributed by atoms with van der Waals surface area (Å²) < 4.78 is 1.84. The summed E-state index contributed by atoms with van der Waals surface area (Å²) in [6.07, 6.45) is 0.979. The number of benzene rings is 2. The molecule has 1 amide bonds. The Bertz CT molecular complexity index is 828. The summed E-state index contributed by atoms with van der Waals surface area (Å²) in [5.74, 6) is -0.222. The van der Waals surface area contributed by atoms with Crippen LogP contribution < -0.4 is 5.32 Å². The third kappa shape index (κ3) is 2.80. The first-order chi connectivity index (χ1) is 10.7. The number of aryl methyl sites for hydroxylation is 1. The van der Waals surface area contributed by atoms with Crippen molar-refractivity contribution in [3.8, 4) is 0 Å². The fourth-order valence-corrected chi connectivity index (χ4v) is 2.43. The normalized spacial score (nSPS) is 10.8. The third-order valence-electron chi connectivity index (χ3n) is 3.33. The predicted octanol–water partition coefficient (Wildman–Crippen LogP) is 3.75. The van der Waals surface area contributed by atoms with Crippen LogP contribution >= 0.6 is 11.6 Å². The van der Waals surface area contributed by atoms with E-state index in [9.17, 15) is 4.79 Å². The highest BCUT2D eigenvalue weighted by Crippen LogP contribution is 2.22. The molecular formula is C16H15ClN4O. The minimum Gasteiger partial charge on any atom is -0.321 e. The number of rotatable bonds is 4. The molecule has 0 atom stereocenters. The van der Waals surface area contributed by atoms with Crippen LogP contribution in [0.3, 0.4) is 0 Å². The van der Waals surface area contributed by atoms with E-state index in [1.54, 1.807) is 24.3 Å². The van der Waals surface area contributed by atoms with Gasteiger partial charge in [0.05, 0.1) is 16.2 Å². The Morgan fingerprint density at radius 2 is 2.09 bits per heavy atom. The summed E-state index contributed by atoms with van der Waals surface area (Å²) in [5.41, 5.74) is 2.75. The standard InChI is InChI=1S/C16H15ClN4O/c1-2-9-21-15-8-7-11(10-14(15)19-20-21)16(22)18-13-6-4-3-5-12(13)17/h3-8,10H,2,9H2,1H3,(H,18,22). The van der Waals surface area contributed by atoms with Crippen molar-refractivity contribution in [2.45, 2.75) is 19.9 Å². The quantitative estimate of drug-likeness (QED) is 0.798. The molecule has 22 heavy (non-hydrogen) atoms. The van der Waals surface area contributed by atoms with Gasteiger partial charge in [0.15, 0.2) is 0 Å². The molecule has 0 saturated carbocycles. The first-order valence-corrected chi connectivity index (χ1v) is 7.46. The molecule has 1 N–H and O–H groups in total. The molecule has 0 spiro atoms. The number of nitrogens with one attached hydrogen (secondary N) is 1. The third-order valence-corrected chi connectivity index (χ3v) is 3.66. The Kier molecular flexibility index (Phi) is 4.06. The number of hydrogen-bond donors (Lipinski definition) is 1. The van der Waals surface area contributed by atoms with Gasteiger partial charge in [-0.2, -0.15) is 0 Å². The predicted molar refractivity (Wildman–Crippen MR) is 87.2 cm³/mol. The van der Waals surface area contributed by atoms with E-state index in [-0.39, 0.29) is 5.91 Å². The lowest BCUT2D eigenvalue weighted by Crippen LogP contribution is -2.12. The molecule has 0 aliphatic heterocycles. The van der Waals surface area contributed by atoms with Crippen molar-refractivity contribution in [3.05, 3.63) is 53.1 Å². The second kappa shape index (κ2) is 6.15. The van der Waals surface area contributed by atoms with Gasteiger partial charge in [-0.3, -0.25) is 4.79 Å². The average Bonchev–Trinajstić information content (AvgIpc) is 2.92. The Morgan fingerprint density at radius 1 is 1.27 bits per heavy atom. The minimum atomic E-state index is -0.222. The monoisotopic (exact) mass is 314 g/mol. The number of hydrogen-bond acceptors (Lipinski definition) is 3. The fourth-order valence-electron chi connectivity index (χ4n) is 2.25. The summed E-state index contributed by atoms with van der Waals surface area (Å²) in [5, 5.41) is 11.5. The highest BCUT2D eigenvalue weighted by Gasteiger charge is 2.11. The van der Waals surface area contributed by atoms with E-state index in [1.807, 2.05) is 22.9 Å². The van der Waals surface area contributed by atoms with Gasteiger partial charge in [-0.15, -0.1) is 5.10 Å². The number of aromatic nitrogens is 3. The second-order valence-electron chi connectivity index (χ2n) is 4.95. The van der Waals surface area contributed by atoms with Gasteiger partial charge in [-0.05, 0) is 36.8 Å². The van der Waals surface area contributed by atoms with Gasteiger partial charge in [0.2, 0.25) is 0 Å². The Hall–Kier alpha value is -2.40. The molecule has 0 unspecified atom stereocenters. The van der Waals surface area contributed by atoms with Crippen molar-refractivity contribution in [2.24, 2.45) is 0 Å². The zero-order valence-corrected chi connectivity index (χ0v) is 12.8. The molecular weight excluding hydrogens is 300 g/mol. The van der Waals surface area contributed by atoms with Crippen molar-refractivity contribution < 1.29 is 4.79 Å². The maximum Gasteiger partial charge on any atom is 0.255 e. The number of nitrogens with zero attached hydrogens (tertiary/aromatic N) is 3. The highest BCUT2D eigenvalue weighted by molar-refractivity contribution is 6.33. The summed E-state index contributed by atoms with van der Waals surface area (Å²) in [7, 11) is 0. The molecule has 0 radical (unpaired) electrons. The zero-order valence-electron chi connectivity index (χ0n) is 12.1. The molecule has 112 valence electrons. The summed E-state index contributed by atoms with van der Waals surface area (Å²) in [6, 6.07) is 12.5. The Morgan fingerprint density at radius 3 is 2.86 bits per heavy atom. The van der Waals surface area contributed by atoms with Crippen LogP contribution in [-0.2, 0) is 6.54 Å². The summed E-state index contributed by atoms with van der Waals surface area (Å²) in [6.45, 7) is 2.89. The van der Waals surface area contributed by atoms with Crippen LogP contribution in [0.15, 0.2) is 42.5 Å². The molecule has 6 heteroatoms. The van der Waals surface area contributed by atoms with E-state index in [0.29, 0.717) is 21.8 Å². The lowest BCUT2D eigenvalue weighted by molar-refractivity contribution is 0.102. The zero-order chi connectivity index (χ0) is 15.5. The maximum absolute atomic E-state index is 12.3. The van der Waals surface area contributed by atoms with Gasteiger partial charge in [0.1, 0.15) is 5.52 Å². The molecule has 5 nitrogen and oxygen atoms in total. The average molecular weight is 315 g/mol. The van der Waals surface area contributed by atoms with E-state index >= 15 is 0 Å². The van der Waals surface area contributed by atoms with Crippen molar-refractivity contribution in [2.75, 3.05) is 5.32 Å². The summed E-state index contributed by atoms with van der Waals surface area (Å²) in [4.78, 5) is 12.3. The summed E-state index contributed by atoms with van der Waals surface area (Å²) >= 11 is 6.05. The number of para-hydroxylation sites is 1. The van der Waals surface area contributed by atoms with Gasteiger partial charge in [-0.25, -0.2) is 4.68 Å². The van der Waals surface area contributed by atoms with Crippen molar-refractivity contribution in [1.29, 1.82) is 0 Å². The first kappa shape index (κ1) is 14.5. The van der Waals surface area contributed by atoms with Crippen LogP contribution in [0, 0.1) is 0 Å². The lowest BCUT2D eigenvalue weighted by Gasteiger charge is -2.07. The molecule has 0 fully saturated rings. The molecule has 0 aliphatic rings. The van der Waals surface area contributed by atoms with Gasteiger partial charge >= 0.3 is 0 Å².